The van der Waals surface area contributed by atoms with Crippen LogP contribution in [0.4, 0.5) is 0 Å². The largest absolute Gasteiger partial charge is 0.507 e. The Morgan fingerprint density at radius 3 is 2.33 bits per heavy atom. The van der Waals surface area contributed by atoms with Crippen molar-refractivity contribution in [3.8, 4) is 5.75 Å². The molecule has 0 aliphatic carbocycles. The molecule has 4 rings (SSSR count). The van der Waals surface area contributed by atoms with Crippen molar-refractivity contribution in [3.63, 3.8) is 0 Å². The fraction of sp³-hybridized carbons (Fsp3) is 0.267. The smallest absolute Gasteiger partial charge is 0.295 e. The van der Waals surface area contributed by atoms with Gasteiger partial charge in [0.2, 0.25) is 0 Å². The molecule has 1 amide bonds. The van der Waals surface area contributed by atoms with Crippen LogP contribution >= 0.6 is 0 Å². The van der Waals surface area contributed by atoms with Crippen LogP contribution in [0.3, 0.4) is 0 Å². The molecule has 0 saturated carbocycles. The maximum absolute atomic E-state index is 13.1. The summed E-state index contributed by atoms with van der Waals surface area (Å²) in [6, 6.07) is 22.1. The van der Waals surface area contributed by atoms with Crippen molar-refractivity contribution in [1.29, 1.82) is 0 Å². The number of hydrogen-bond acceptors (Lipinski definition) is 5. The Balaban J connectivity index is 1.64. The van der Waals surface area contributed by atoms with Crippen LogP contribution in [0.15, 0.2) is 78.4 Å². The number of carbonyl (C=O) groups excluding carboxylic acids is 2. The highest BCUT2D eigenvalue weighted by Gasteiger charge is 2.45. The van der Waals surface area contributed by atoms with Gasteiger partial charge in [-0.1, -0.05) is 61.0 Å². The molecule has 36 heavy (non-hydrogen) atoms. The normalized spacial score (nSPS) is 17.0. The van der Waals surface area contributed by atoms with E-state index in [1.807, 2.05) is 49.4 Å². The minimum atomic E-state index is -0.701. The minimum Gasteiger partial charge on any atom is -0.507 e. The first-order valence-electron chi connectivity index (χ1n) is 12.1. The fourth-order valence-corrected chi connectivity index (χ4v) is 4.42. The van der Waals surface area contributed by atoms with Crippen molar-refractivity contribution >= 4 is 17.4 Å². The summed E-state index contributed by atoms with van der Waals surface area (Å²) >= 11 is 0. The van der Waals surface area contributed by atoms with E-state index in [1.165, 1.54) is 4.90 Å². The van der Waals surface area contributed by atoms with Crippen molar-refractivity contribution in [3.05, 3.63) is 106 Å². The Morgan fingerprint density at radius 1 is 0.972 bits per heavy atom. The average molecular weight is 486 g/mol. The van der Waals surface area contributed by atoms with Gasteiger partial charge in [0.05, 0.1) is 18.2 Å². The number of nitrogens with zero attached hydrogens (tertiary/aromatic N) is 1. The van der Waals surface area contributed by atoms with Gasteiger partial charge in [0, 0.05) is 19.2 Å². The Morgan fingerprint density at radius 2 is 1.69 bits per heavy atom. The van der Waals surface area contributed by atoms with Gasteiger partial charge in [0.1, 0.15) is 18.1 Å². The molecular formula is C30H31NO5. The van der Waals surface area contributed by atoms with Crippen LogP contribution in [0.25, 0.3) is 5.76 Å². The number of Topliss-reactive ketones (excluding diaryl/α,β-unsaturated/α-hetero) is 1. The Labute approximate surface area is 211 Å². The highest BCUT2D eigenvalue weighted by molar-refractivity contribution is 6.46. The highest BCUT2D eigenvalue weighted by Crippen LogP contribution is 2.39. The van der Waals surface area contributed by atoms with Crippen LogP contribution in [-0.2, 0) is 27.4 Å². The number of carbonyl (C=O) groups is 2. The zero-order valence-corrected chi connectivity index (χ0v) is 20.9. The lowest BCUT2D eigenvalue weighted by Gasteiger charge is -2.25. The van der Waals surface area contributed by atoms with Crippen LogP contribution in [0.2, 0.25) is 0 Å². The van der Waals surface area contributed by atoms with Crippen molar-refractivity contribution in [2.24, 2.45) is 0 Å². The standard InChI is InChI=1S/C30H31NO5/c1-4-21-8-10-23(11-9-21)27-26(29(33)30(34)31(27)16-17-35-3)28(32)24-12-14-25(15-13-24)36-19-22-7-5-6-20(2)18-22/h5-15,18,27,32H,4,16-17,19H2,1-3H3/b28-26+/t27-/m1/s1. The van der Waals surface area contributed by atoms with Gasteiger partial charge in [-0.25, -0.2) is 0 Å². The van der Waals surface area contributed by atoms with Crippen molar-refractivity contribution in [1.82, 2.24) is 4.90 Å². The average Bonchev–Trinajstić information content (AvgIpc) is 3.15. The number of ether oxygens (including phenoxy) is 2. The second-order valence-electron chi connectivity index (χ2n) is 8.88. The monoisotopic (exact) mass is 485 g/mol. The zero-order valence-electron chi connectivity index (χ0n) is 20.9. The molecule has 186 valence electrons. The first-order chi connectivity index (χ1) is 17.4. The van der Waals surface area contributed by atoms with Gasteiger partial charge in [-0.3, -0.25) is 9.59 Å². The van der Waals surface area contributed by atoms with Gasteiger partial charge in [-0.05, 0) is 54.3 Å². The molecule has 0 unspecified atom stereocenters. The molecule has 0 spiro atoms. The summed E-state index contributed by atoms with van der Waals surface area (Å²) in [5.74, 6) is -0.910. The van der Waals surface area contributed by atoms with Crippen LogP contribution in [-0.4, -0.2) is 42.0 Å². The van der Waals surface area contributed by atoms with Crippen LogP contribution in [0.1, 0.15) is 40.8 Å². The number of aliphatic hydroxyl groups excluding tert-OH is 1. The highest BCUT2D eigenvalue weighted by atomic mass is 16.5. The molecule has 1 N–H and O–H groups in total. The molecule has 1 atom stereocenters. The molecule has 1 heterocycles. The lowest BCUT2D eigenvalue weighted by atomic mass is 9.94. The summed E-state index contributed by atoms with van der Waals surface area (Å²) in [5.41, 5.74) is 4.66. The Hall–Kier alpha value is -3.90. The Bertz CT molecular complexity index is 1260. The van der Waals surface area contributed by atoms with Gasteiger partial charge in [0.15, 0.2) is 0 Å². The Kier molecular flexibility index (Phi) is 7.86. The molecule has 3 aromatic carbocycles. The van der Waals surface area contributed by atoms with Gasteiger partial charge in [-0.2, -0.15) is 0 Å². The van der Waals surface area contributed by atoms with Gasteiger partial charge in [-0.15, -0.1) is 0 Å². The van der Waals surface area contributed by atoms with Crippen LogP contribution < -0.4 is 4.74 Å². The van der Waals surface area contributed by atoms with E-state index >= 15 is 0 Å². The number of rotatable bonds is 9. The quantitative estimate of drug-likeness (QED) is 0.256. The van der Waals surface area contributed by atoms with E-state index in [0.29, 0.717) is 17.9 Å². The van der Waals surface area contributed by atoms with Crippen LogP contribution in [0, 0.1) is 6.92 Å². The molecule has 0 bridgehead atoms. The number of hydrogen-bond donors (Lipinski definition) is 1. The topological polar surface area (TPSA) is 76.1 Å². The van der Waals surface area contributed by atoms with E-state index in [1.54, 1.807) is 31.4 Å². The number of amides is 1. The lowest BCUT2D eigenvalue weighted by molar-refractivity contribution is -0.140. The van der Waals surface area contributed by atoms with Crippen molar-refractivity contribution in [2.75, 3.05) is 20.3 Å². The molecule has 1 saturated heterocycles. The molecule has 3 aromatic rings. The van der Waals surface area contributed by atoms with E-state index in [9.17, 15) is 14.7 Å². The van der Waals surface area contributed by atoms with Gasteiger partial charge < -0.3 is 19.5 Å². The second-order valence-corrected chi connectivity index (χ2v) is 8.88. The van der Waals surface area contributed by atoms with Gasteiger partial charge in [0.25, 0.3) is 11.7 Å². The van der Waals surface area contributed by atoms with Crippen molar-refractivity contribution in [2.45, 2.75) is 32.9 Å². The molecule has 6 heteroatoms. The van der Waals surface area contributed by atoms with Crippen molar-refractivity contribution < 1.29 is 24.2 Å². The van der Waals surface area contributed by atoms with E-state index in [2.05, 4.69) is 13.0 Å². The predicted octanol–water partition coefficient (Wildman–Crippen LogP) is 5.20. The molecule has 1 fully saturated rings. The maximum atomic E-state index is 13.1. The molecule has 0 aromatic heterocycles. The fourth-order valence-electron chi connectivity index (χ4n) is 4.42. The third-order valence-corrected chi connectivity index (χ3v) is 6.40. The number of aliphatic hydroxyl groups is 1. The zero-order chi connectivity index (χ0) is 25.7. The van der Waals surface area contributed by atoms with E-state index < -0.39 is 17.7 Å². The summed E-state index contributed by atoms with van der Waals surface area (Å²) in [4.78, 5) is 27.5. The predicted molar refractivity (Wildman–Crippen MR) is 139 cm³/mol. The number of aryl methyl sites for hydroxylation is 2. The number of likely N-dealkylation sites (tertiary alicyclic amines) is 1. The third kappa shape index (κ3) is 5.34. The first kappa shape index (κ1) is 25.2. The summed E-state index contributed by atoms with van der Waals surface area (Å²) < 4.78 is 11.0. The second kappa shape index (κ2) is 11.2. The number of benzene rings is 3. The molecule has 1 aliphatic heterocycles. The lowest BCUT2D eigenvalue weighted by Crippen LogP contribution is -2.32. The maximum Gasteiger partial charge on any atom is 0.295 e. The molecule has 0 radical (unpaired) electrons. The van der Waals surface area contributed by atoms with E-state index in [-0.39, 0.29) is 24.5 Å². The van der Waals surface area contributed by atoms with Crippen LogP contribution in [0.5, 0.6) is 5.75 Å². The number of methoxy groups -OCH3 is 1. The third-order valence-electron chi connectivity index (χ3n) is 6.40. The summed E-state index contributed by atoms with van der Waals surface area (Å²) in [5, 5.41) is 11.2. The summed E-state index contributed by atoms with van der Waals surface area (Å²) in [6.07, 6.45) is 0.877. The van der Waals surface area contributed by atoms with E-state index in [4.69, 9.17) is 9.47 Å². The summed E-state index contributed by atoms with van der Waals surface area (Å²) in [7, 11) is 1.55. The van der Waals surface area contributed by atoms with E-state index in [0.717, 1.165) is 28.7 Å². The summed E-state index contributed by atoms with van der Waals surface area (Å²) in [6.45, 7) is 5.04. The van der Waals surface area contributed by atoms with Gasteiger partial charge >= 0.3 is 0 Å². The first-order valence-corrected chi connectivity index (χ1v) is 12.1. The molecule has 6 nitrogen and oxygen atoms in total. The molecular weight excluding hydrogens is 454 g/mol. The number of ketones is 1. The minimum absolute atomic E-state index is 0.0776. The SMILES string of the molecule is CCc1ccc([C@@H]2/C(=C(\O)c3ccc(OCc4cccc(C)c4)cc3)C(=O)C(=O)N2CCOC)cc1. The molecule has 1 aliphatic rings.